The average Bonchev–Trinajstić information content (AvgIpc) is 2.34. The van der Waals surface area contributed by atoms with Crippen LogP contribution < -0.4 is 24.2 Å². The van der Waals surface area contributed by atoms with E-state index in [2.05, 4.69) is 16.6 Å². The summed E-state index contributed by atoms with van der Waals surface area (Å²) in [6.45, 7) is 0. The molecule has 0 amide bonds. The zero-order chi connectivity index (χ0) is 12.1. The molecule has 0 heterocycles. The van der Waals surface area contributed by atoms with Crippen molar-refractivity contribution >= 4 is 17.7 Å². The summed E-state index contributed by atoms with van der Waals surface area (Å²) in [7, 11) is 0. The van der Waals surface area contributed by atoms with Crippen molar-refractivity contribution in [2.75, 3.05) is 5.32 Å². The Bertz CT molecular complexity index is 544. The van der Waals surface area contributed by atoms with Gasteiger partial charge in [0.25, 0.3) is 0 Å². The third-order valence-corrected chi connectivity index (χ3v) is 2.09. The number of hydrogen-bond donors (Lipinski definition) is 1. The van der Waals surface area contributed by atoms with Crippen LogP contribution in [-0.2, 0) is 0 Å². The quantitative estimate of drug-likeness (QED) is 0.274. The molecule has 0 aliphatic rings. The second-order valence-corrected chi connectivity index (χ2v) is 3.28. The van der Waals surface area contributed by atoms with Crippen LogP contribution in [0.2, 0.25) is 0 Å². The Morgan fingerprint density at radius 3 is 2.17 bits per heavy atom. The van der Waals surface area contributed by atoms with E-state index in [1.54, 1.807) is 30.3 Å². The number of anilines is 1. The molecule has 2 nitrogen and oxygen atoms in total. The Morgan fingerprint density at radius 2 is 1.50 bits per heavy atom. The molecule has 0 radical (unpaired) electrons. The number of halogens is 2. The van der Waals surface area contributed by atoms with E-state index in [0.29, 0.717) is 0 Å². The van der Waals surface area contributed by atoms with Crippen LogP contribution in [0.4, 0.5) is 20.2 Å². The van der Waals surface area contributed by atoms with E-state index in [1.807, 2.05) is 0 Å². The smallest absolute Gasteiger partial charge is 0.450 e. The van der Waals surface area contributed by atoms with Crippen molar-refractivity contribution in [2.45, 2.75) is 0 Å². The van der Waals surface area contributed by atoms with Crippen molar-refractivity contribution in [3.05, 3.63) is 60.2 Å². The molecular weight excluding hydrogens is 229 g/mol. The molecule has 2 rings (SSSR count). The van der Waals surface area contributed by atoms with Gasteiger partial charge in [-0.05, 0) is 23.5 Å². The number of nitrogens with zero attached hydrogens (tertiary/aromatic N) is 1. The SMILES string of the molecule is Fc1ccccc1N=[C-]Nc1ccccc1F.[Li+]. The minimum atomic E-state index is -0.449. The molecule has 0 saturated heterocycles. The Hall–Kier alpha value is -1.63. The molecule has 1 N–H and O–H groups in total. The summed E-state index contributed by atoms with van der Waals surface area (Å²) in [5.41, 5.74) is 0.393. The molecule has 86 valence electrons. The van der Waals surface area contributed by atoms with Crippen molar-refractivity contribution in [1.29, 1.82) is 0 Å². The topological polar surface area (TPSA) is 24.4 Å². The third-order valence-electron chi connectivity index (χ3n) is 2.09. The number of benzene rings is 2. The fourth-order valence-corrected chi connectivity index (χ4v) is 1.25. The Kier molecular flexibility index (Phi) is 5.57. The molecule has 5 heteroatoms. The molecule has 0 saturated carbocycles. The van der Waals surface area contributed by atoms with Crippen LogP contribution in [0, 0.1) is 11.6 Å². The zero-order valence-electron chi connectivity index (χ0n) is 9.82. The van der Waals surface area contributed by atoms with E-state index in [1.165, 1.54) is 18.2 Å². The van der Waals surface area contributed by atoms with Crippen molar-refractivity contribution in [3.63, 3.8) is 0 Å². The first kappa shape index (κ1) is 14.4. The third kappa shape index (κ3) is 3.69. The van der Waals surface area contributed by atoms with Crippen LogP contribution in [-0.4, -0.2) is 6.34 Å². The van der Waals surface area contributed by atoms with Gasteiger partial charge in [0.2, 0.25) is 0 Å². The van der Waals surface area contributed by atoms with Crippen LogP contribution in [0.15, 0.2) is 53.5 Å². The van der Waals surface area contributed by atoms with Gasteiger partial charge in [-0.1, -0.05) is 36.4 Å². The van der Waals surface area contributed by atoms with E-state index in [0.717, 1.165) is 0 Å². The van der Waals surface area contributed by atoms with Crippen LogP contribution in [0.3, 0.4) is 0 Å². The van der Waals surface area contributed by atoms with E-state index < -0.39 is 11.6 Å². The van der Waals surface area contributed by atoms with Gasteiger partial charge in [0.1, 0.15) is 0 Å². The second kappa shape index (κ2) is 6.95. The van der Waals surface area contributed by atoms with Crippen molar-refractivity contribution in [1.82, 2.24) is 0 Å². The van der Waals surface area contributed by atoms with Gasteiger partial charge < -0.3 is 10.3 Å². The normalized spacial score (nSPS) is 10.1. The van der Waals surface area contributed by atoms with Gasteiger partial charge in [-0.25, -0.2) is 8.78 Å². The van der Waals surface area contributed by atoms with E-state index in [4.69, 9.17) is 0 Å². The average molecular weight is 238 g/mol. The number of aliphatic imine (C=N–C) groups is 1. The van der Waals surface area contributed by atoms with Crippen molar-refractivity contribution in [3.8, 4) is 0 Å². The van der Waals surface area contributed by atoms with Crippen molar-refractivity contribution < 1.29 is 27.6 Å². The molecule has 0 unspecified atom stereocenters. The molecule has 0 atom stereocenters. The predicted molar refractivity (Wildman–Crippen MR) is 63.5 cm³/mol. The Morgan fingerprint density at radius 1 is 0.889 bits per heavy atom. The summed E-state index contributed by atoms with van der Waals surface area (Å²) in [6.07, 6.45) is 2.39. The molecule has 2 aromatic carbocycles. The van der Waals surface area contributed by atoms with Gasteiger partial charge >= 0.3 is 18.9 Å². The first-order valence-electron chi connectivity index (χ1n) is 4.98. The molecule has 0 bridgehead atoms. The standard InChI is InChI=1S/C13H9F2N2.Li/c14-10-5-1-3-7-12(10)16-9-17-13-8-4-2-6-11(13)15;/h1-8H,(H,16,17);/q-1;+1. The first-order valence-corrected chi connectivity index (χ1v) is 4.98. The second-order valence-electron chi connectivity index (χ2n) is 3.28. The molecule has 0 aliphatic heterocycles. The van der Waals surface area contributed by atoms with Crippen LogP contribution >= 0.6 is 0 Å². The molecule has 0 aromatic heterocycles. The minimum Gasteiger partial charge on any atom is -0.450 e. The molecule has 0 fully saturated rings. The van der Waals surface area contributed by atoms with E-state index in [9.17, 15) is 8.78 Å². The number of hydrogen-bond acceptors (Lipinski definition) is 1. The Balaban J connectivity index is 0.00000162. The van der Waals surface area contributed by atoms with E-state index >= 15 is 0 Å². The molecular formula is C13H9F2LiN2. The molecule has 2 aromatic rings. The molecule has 0 spiro atoms. The summed E-state index contributed by atoms with van der Waals surface area (Å²) >= 11 is 0. The molecule has 18 heavy (non-hydrogen) atoms. The van der Waals surface area contributed by atoms with Gasteiger partial charge in [0.05, 0.1) is 11.6 Å². The summed E-state index contributed by atoms with van der Waals surface area (Å²) < 4.78 is 26.3. The fourth-order valence-electron chi connectivity index (χ4n) is 1.25. The monoisotopic (exact) mass is 238 g/mol. The zero-order valence-corrected chi connectivity index (χ0v) is 9.82. The molecule has 0 aliphatic carbocycles. The number of para-hydroxylation sites is 2. The van der Waals surface area contributed by atoms with Gasteiger partial charge in [0, 0.05) is 6.34 Å². The number of rotatable bonds is 3. The summed E-state index contributed by atoms with van der Waals surface area (Å²) in [5, 5.41) is 2.53. The van der Waals surface area contributed by atoms with Gasteiger partial charge in [0.15, 0.2) is 0 Å². The van der Waals surface area contributed by atoms with Gasteiger partial charge in [-0.15, -0.1) is 0 Å². The van der Waals surface area contributed by atoms with Crippen molar-refractivity contribution in [2.24, 2.45) is 4.99 Å². The minimum absolute atomic E-state index is 0. The maximum absolute atomic E-state index is 13.2. The largest absolute Gasteiger partial charge is 1.00 e. The van der Waals surface area contributed by atoms with Gasteiger partial charge in [-0.2, -0.15) is 0 Å². The van der Waals surface area contributed by atoms with Crippen LogP contribution in [0.5, 0.6) is 0 Å². The maximum Gasteiger partial charge on any atom is 1.00 e. The van der Waals surface area contributed by atoms with Crippen LogP contribution in [0.25, 0.3) is 0 Å². The summed E-state index contributed by atoms with van der Waals surface area (Å²) in [6, 6.07) is 12.1. The summed E-state index contributed by atoms with van der Waals surface area (Å²) in [4.78, 5) is 3.74. The van der Waals surface area contributed by atoms with Gasteiger partial charge in [-0.3, -0.25) is 0 Å². The summed E-state index contributed by atoms with van der Waals surface area (Å²) in [5.74, 6) is -0.862. The maximum atomic E-state index is 13.2. The van der Waals surface area contributed by atoms with E-state index in [-0.39, 0.29) is 30.2 Å². The Labute approximate surface area is 116 Å². The first-order chi connectivity index (χ1) is 8.27. The predicted octanol–water partition coefficient (Wildman–Crippen LogP) is 0.618. The van der Waals surface area contributed by atoms with Crippen LogP contribution in [0.1, 0.15) is 0 Å². The number of nitrogens with one attached hydrogen (secondary N) is 1. The fraction of sp³-hybridized carbons (Fsp3) is 0.